The van der Waals surface area contributed by atoms with Crippen LogP contribution in [0.25, 0.3) is 21.3 Å². The van der Waals surface area contributed by atoms with Gasteiger partial charge in [0.2, 0.25) is 17.7 Å². The molecule has 1 aliphatic rings. The third-order valence-corrected chi connectivity index (χ3v) is 8.61. The molecule has 0 aliphatic heterocycles. The van der Waals surface area contributed by atoms with Gasteiger partial charge in [-0.1, -0.05) is 6.07 Å². The second-order valence-corrected chi connectivity index (χ2v) is 11.4. The van der Waals surface area contributed by atoms with Gasteiger partial charge in [0.15, 0.2) is 20.9 Å². The lowest BCUT2D eigenvalue weighted by molar-refractivity contribution is -0.126. The molecule has 13 heteroatoms. The number of benzene rings is 1. The van der Waals surface area contributed by atoms with Crippen LogP contribution in [0.2, 0.25) is 0 Å². The van der Waals surface area contributed by atoms with Crippen molar-refractivity contribution >= 4 is 43.2 Å². The Bertz CT molecular complexity index is 1370. The summed E-state index contributed by atoms with van der Waals surface area (Å²) in [5.74, 6) is -3.39. The Morgan fingerprint density at radius 2 is 2.03 bits per heavy atom. The maximum Gasteiger partial charge on any atom is 0.248 e. The second-order valence-electron chi connectivity index (χ2n) is 8.11. The van der Waals surface area contributed by atoms with Crippen molar-refractivity contribution < 1.29 is 32.6 Å². The first-order valence-corrected chi connectivity index (χ1v) is 13.4. The highest BCUT2D eigenvalue weighted by Gasteiger charge is 2.37. The molecule has 35 heavy (non-hydrogen) atoms. The molecule has 1 atom stereocenters. The van der Waals surface area contributed by atoms with Gasteiger partial charge in [0, 0.05) is 24.4 Å². The summed E-state index contributed by atoms with van der Waals surface area (Å²) in [4.78, 5) is 32.7. The maximum absolute atomic E-state index is 14.3. The van der Waals surface area contributed by atoms with Gasteiger partial charge in [0.1, 0.15) is 5.01 Å². The van der Waals surface area contributed by atoms with Gasteiger partial charge in [0.05, 0.1) is 22.5 Å². The van der Waals surface area contributed by atoms with Crippen LogP contribution in [0.4, 0.5) is 4.39 Å². The van der Waals surface area contributed by atoms with E-state index in [0.717, 1.165) is 24.2 Å². The van der Waals surface area contributed by atoms with Crippen molar-refractivity contribution in [2.45, 2.75) is 30.6 Å². The Kier molecular flexibility index (Phi) is 7.28. The number of halogens is 1. The summed E-state index contributed by atoms with van der Waals surface area (Å²) in [6, 6.07) is 6.17. The molecule has 1 aromatic carbocycles. The lowest BCUT2D eigenvalue weighted by atomic mass is 10.1. The fourth-order valence-electron chi connectivity index (χ4n) is 3.46. The summed E-state index contributed by atoms with van der Waals surface area (Å²) in [7, 11) is -4.07. The van der Waals surface area contributed by atoms with Crippen LogP contribution >= 0.6 is 11.3 Å². The molecule has 0 bridgehead atoms. The molecule has 1 saturated carbocycles. The number of rotatable bonds is 10. The molecule has 2 amide bonds. The van der Waals surface area contributed by atoms with E-state index in [1.54, 1.807) is 18.2 Å². The van der Waals surface area contributed by atoms with E-state index in [-0.39, 0.29) is 36.2 Å². The highest BCUT2D eigenvalue weighted by atomic mass is 32.2. The topological polar surface area (TPSA) is 159 Å². The zero-order valence-corrected chi connectivity index (χ0v) is 20.0. The van der Waals surface area contributed by atoms with Gasteiger partial charge in [-0.2, -0.15) is 0 Å². The lowest BCUT2D eigenvalue weighted by Crippen LogP contribution is -2.41. The van der Waals surface area contributed by atoms with Crippen molar-refractivity contribution in [2.24, 2.45) is 0 Å². The molecule has 0 radical (unpaired) electrons. The first-order chi connectivity index (χ1) is 16.7. The first-order valence-electron chi connectivity index (χ1n) is 10.8. The number of pyridine rings is 1. The number of aliphatic hydroxyl groups excluding tert-OH is 1. The summed E-state index contributed by atoms with van der Waals surface area (Å²) in [6.07, 6.45) is 2.93. The standard InChI is InChI=1S/C22H23FN4O6S2/c23-18-14(6-7-24-20(18)30)12-2-5-15-16(10-12)34-22(27-15)19(35(32,33)9-1-8-28)21(31)25-11-17(29)26-13-3-4-13/h2,5-7,10,13,19,28H,1,3-4,8-9,11H2,(H,24,30)(H,25,31)(H,26,29). The maximum atomic E-state index is 14.3. The number of aromatic nitrogens is 2. The van der Waals surface area contributed by atoms with Crippen LogP contribution in [0.3, 0.4) is 0 Å². The summed E-state index contributed by atoms with van der Waals surface area (Å²) >= 11 is 0.953. The van der Waals surface area contributed by atoms with Crippen LogP contribution < -0.4 is 10.6 Å². The summed E-state index contributed by atoms with van der Waals surface area (Å²) in [5, 5.41) is 22.1. The smallest absolute Gasteiger partial charge is 0.248 e. The molecule has 10 nitrogen and oxygen atoms in total. The number of sulfone groups is 1. The average Bonchev–Trinajstić information content (AvgIpc) is 3.53. The van der Waals surface area contributed by atoms with E-state index in [1.807, 2.05) is 0 Å². The minimum Gasteiger partial charge on any atom is -0.491 e. The van der Waals surface area contributed by atoms with Crippen molar-refractivity contribution in [3.63, 3.8) is 0 Å². The van der Waals surface area contributed by atoms with Crippen LogP contribution in [0.1, 0.15) is 29.5 Å². The average molecular weight is 523 g/mol. The van der Waals surface area contributed by atoms with Gasteiger partial charge < -0.3 is 20.8 Å². The largest absolute Gasteiger partial charge is 0.491 e. The quantitative estimate of drug-likeness (QED) is 0.311. The summed E-state index contributed by atoms with van der Waals surface area (Å²) in [5.41, 5.74) is 0.902. The second kappa shape index (κ2) is 10.2. The number of amides is 2. The Morgan fingerprint density at radius 3 is 2.74 bits per heavy atom. The van der Waals surface area contributed by atoms with Crippen molar-refractivity contribution in [1.82, 2.24) is 20.6 Å². The van der Waals surface area contributed by atoms with E-state index >= 15 is 0 Å². The molecule has 1 fully saturated rings. The number of fused-ring (bicyclic) bond motifs is 1. The molecule has 186 valence electrons. The molecule has 2 aromatic heterocycles. The monoisotopic (exact) mass is 522 g/mol. The van der Waals surface area contributed by atoms with E-state index in [9.17, 15) is 27.5 Å². The van der Waals surface area contributed by atoms with E-state index in [1.165, 1.54) is 12.3 Å². The number of thiazole rings is 1. The van der Waals surface area contributed by atoms with Gasteiger partial charge in [-0.25, -0.2) is 22.8 Å². The van der Waals surface area contributed by atoms with E-state index in [4.69, 9.17) is 5.11 Å². The Hall–Kier alpha value is -3.16. The number of nitrogens with one attached hydrogen (secondary N) is 2. The number of nitrogens with zero attached hydrogens (tertiary/aromatic N) is 2. The van der Waals surface area contributed by atoms with Gasteiger partial charge in [-0.3, -0.25) is 9.59 Å². The molecule has 4 N–H and O–H groups in total. The molecule has 2 heterocycles. The predicted octanol–water partition coefficient (Wildman–Crippen LogP) is 1.44. The van der Waals surface area contributed by atoms with Crippen LogP contribution in [0.5, 0.6) is 5.88 Å². The highest BCUT2D eigenvalue weighted by Crippen LogP contribution is 2.35. The summed E-state index contributed by atoms with van der Waals surface area (Å²) < 4.78 is 40.9. The number of aliphatic hydroxyl groups is 1. The van der Waals surface area contributed by atoms with Crippen LogP contribution in [-0.2, 0) is 19.4 Å². The van der Waals surface area contributed by atoms with Crippen LogP contribution in [0.15, 0.2) is 30.5 Å². The van der Waals surface area contributed by atoms with E-state index in [2.05, 4.69) is 20.6 Å². The normalized spacial score (nSPS) is 14.6. The minimum absolute atomic E-state index is 0.00626. The summed E-state index contributed by atoms with van der Waals surface area (Å²) in [6.45, 7) is -0.744. The minimum atomic E-state index is -4.07. The number of aromatic hydroxyl groups is 1. The number of carbonyl (C=O) groups excluding carboxylic acids is 2. The molecule has 3 aromatic rings. The fourth-order valence-corrected chi connectivity index (χ4v) is 6.56. The molecular weight excluding hydrogens is 499 g/mol. The number of carbonyl (C=O) groups is 2. The highest BCUT2D eigenvalue weighted by molar-refractivity contribution is 7.92. The van der Waals surface area contributed by atoms with Crippen molar-refractivity contribution in [1.29, 1.82) is 0 Å². The van der Waals surface area contributed by atoms with Crippen molar-refractivity contribution in [3.05, 3.63) is 41.3 Å². The first kappa shape index (κ1) is 24.9. The molecule has 4 rings (SSSR count). The number of hydrogen-bond acceptors (Lipinski definition) is 9. The van der Waals surface area contributed by atoms with Crippen molar-refractivity contribution in [3.8, 4) is 17.0 Å². The van der Waals surface area contributed by atoms with Gasteiger partial charge in [-0.15, -0.1) is 11.3 Å². The molecule has 1 unspecified atom stereocenters. The van der Waals surface area contributed by atoms with E-state index < -0.39 is 44.4 Å². The Morgan fingerprint density at radius 1 is 1.26 bits per heavy atom. The molecule has 1 aliphatic carbocycles. The van der Waals surface area contributed by atoms with Gasteiger partial charge in [-0.05, 0) is 43.0 Å². The Labute approximate surface area is 204 Å². The molecular formula is C22H23FN4O6S2. The zero-order valence-electron chi connectivity index (χ0n) is 18.4. The fraction of sp³-hybridized carbons (Fsp3) is 0.364. The SMILES string of the molecule is O=C(CNC(=O)C(c1nc2ccc(-c3ccnc(O)c3F)cc2s1)S(=O)(=O)CCCO)NC1CC1. The molecule has 0 saturated heterocycles. The molecule has 0 spiro atoms. The lowest BCUT2D eigenvalue weighted by Gasteiger charge is -2.15. The van der Waals surface area contributed by atoms with Crippen molar-refractivity contribution in [2.75, 3.05) is 18.9 Å². The van der Waals surface area contributed by atoms with Gasteiger partial charge in [0.25, 0.3) is 0 Å². The predicted molar refractivity (Wildman–Crippen MR) is 127 cm³/mol. The number of hydrogen-bond donors (Lipinski definition) is 4. The zero-order chi connectivity index (χ0) is 25.2. The third-order valence-electron chi connectivity index (χ3n) is 5.36. The van der Waals surface area contributed by atoms with E-state index in [0.29, 0.717) is 15.8 Å². The van der Waals surface area contributed by atoms with Crippen LogP contribution in [-0.4, -0.2) is 65.4 Å². The van der Waals surface area contributed by atoms with Crippen LogP contribution in [0, 0.1) is 5.82 Å². The van der Waals surface area contributed by atoms with Gasteiger partial charge >= 0.3 is 0 Å². The Balaban J connectivity index is 1.65. The third kappa shape index (κ3) is 5.74.